The predicted molar refractivity (Wildman–Crippen MR) is 150 cm³/mol. The Morgan fingerprint density at radius 3 is 2.26 bits per heavy atom. The third-order valence-corrected chi connectivity index (χ3v) is 6.88. The van der Waals surface area contributed by atoms with Crippen LogP contribution in [0.2, 0.25) is 0 Å². The lowest BCUT2D eigenvalue weighted by molar-refractivity contribution is -0.142. The van der Waals surface area contributed by atoms with Gasteiger partial charge in [-0.05, 0) is 48.8 Å². The molecule has 0 saturated carbocycles. The zero-order chi connectivity index (χ0) is 29.1. The van der Waals surface area contributed by atoms with Crippen LogP contribution in [0.3, 0.4) is 0 Å². The number of hydrogen-bond donors (Lipinski definition) is 7. The Hall–Kier alpha value is -3.58. The first-order valence-corrected chi connectivity index (χ1v) is 14.1. The normalized spacial score (nSPS) is 14.3. The molecule has 39 heavy (non-hydrogen) atoms. The van der Waals surface area contributed by atoms with E-state index in [0.717, 1.165) is 16.5 Å². The van der Waals surface area contributed by atoms with Crippen molar-refractivity contribution in [3.8, 4) is 0 Å². The molecule has 214 valence electrons. The summed E-state index contributed by atoms with van der Waals surface area (Å²) in [7, 11) is 0. The maximum absolute atomic E-state index is 13.2. The lowest BCUT2D eigenvalue weighted by atomic mass is 10.0. The summed E-state index contributed by atoms with van der Waals surface area (Å²) in [6.07, 6.45) is 3.70. The maximum atomic E-state index is 13.2. The summed E-state index contributed by atoms with van der Waals surface area (Å²) in [5.41, 5.74) is 13.1. The second-order valence-corrected chi connectivity index (χ2v) is 10.6. The van der Waals surface area contributed by atoms with Gasteiger partial charge in [-0.1, -0.05) is 32.0 Å². The van der Waals surface area contributed by atoms with Crippen molar-refractivity contribution >= 4 is 52.3 Å². The minimum absolute atomic E-state index is 0.182. The van der Waals surface area contributed by atoms with Gasteiger partial charge in [0.15, 0.2) is 0 Å². The molecule has 4 unspecified atom stereocenters. The summed E-state index contributed by atoms with van der Waals surface area (Å²) in [6.45, 7) is 3.49. The number of carbonyl (C=O) groups is 5. The van der Waals surface area contributed by atoms with Crippen LogP contribution in [0, 0.1) is 5.92 Å². The SMILES string of the molecule is CSCCC(NC(=O)C(NC(=O)C(N)Cc1c[nH]c2ccccc12)C(C)C)C(=O)NC(CCC(N)=O)C(=O)O. The molecule has 0 bridgehead atoms. The average molecular weight is 563 g/mol. The predicted octanol–water partition coefficient (Wildman–Crippen LogP) is 0.251. The van der Waals surface area contributed by atoms with Crippen molar-refractivity contribution in [3.05, 3.63) is 36.0 Å². The number of para-hydroxylation sites is 1. The Balaban J connectivity index is 2.08. The number of amides is 4. The molecule has 0 aliphatic carbocycles. The van der Waals surface area contributed by atoms with E-state index in [9.17, 15) is 29.1 Å². The molecule has 1 heterocycles. The van der Waals surface area contributed by atoms with Crippen LogP contribution < -0.4 is 27.4 Å². The van der Waals surface area contributed by atoms with Gasteiger partial charge in [0.05, 0.1) is 6.04 Å². The van der Waals surface area contributed by atoms with Gasteiger partial charge < -0.3 is 37.5 Å². The first kappa shape index (κ1) is 31.6. The molecular weight excluding hydrogens is 524 g/mol. The molecule has 0 radical (unpaired) electrons. The topological polar surface area (TPSA) is 209 Å². The molecule has 0 spiro atoms. The van der Waals surface area contributed by atoms with Gasteiger partial charge in [-0.2, -0.15) is 11.8 Å². The number of fused-ring (bicyclic) bond motifs is 1. The summed E-state index contributed by atoms with van der Waals surface area (Å²) in [6, 6.07) is 3.33. The highest BCUT2D eigenvalue weighted by Crippen LogP contribution is 2.19. The Bertz CT molecular complexity index is 1170. The minimum Gasteiger partial charge on any atom is -0.480 e. The number of benzene rings is 1. The highest BCUT2D eigenvalue weighted by molar-refractivity contribution is 7.98. The van der Waals surface area contributed by atoms with Gasteiger partial charge in [0, 0.05) is 23.5 Å². The Morgan fingerprint density at radius 1 is 0.974 bits per heavy atom. The van der Waals surface area contributed by atoms with E-state index >= 15 is 0 Å². The van der Waals surface area contributed by atoms with Gasteiger partial charge in [0.25, 0.3) is 0 Å². The number of rotatable bonds is 16. The third kappa shape index (κ3) is 9.59. The molecule has 0 saturated heterocycles. The van der Waals surface area contributed by atoms with Crippen molar-refractivity contribution in [1.29, 1.82) is 0 Å². The van der Waals surface area contributed by atoms with Crippen LogP contribution >= 0.6 is 11.8 Å². The fraction of sp³-hybridized carbons (Fsp3) is 0.500. The largest absolute Gasteiger partial charge is 0.480 e. The smallest absolute Gasteiger partial charge is 0.326 e. The standard InChI is InChI=1S/C26H38N6O6S/c1-14(2)22(32-23(34)17(27)12-15-13-29-18-7-5-4-6-16(15)18)25(36)30-19(10-11-39-3)24(35)31-20(26(37)38)8-9-21(28)33/h4-7,13-14,17,19-20,22,29H,8-12,27H2,1-3H3,(H2,28,33)(H,30,36)(H,31,35)(H,32,34)(H,37,38). The van der Waals surface area contributed by atoms with E-state index in [4.69, 9.17) is 11.5 Å². The molecule has 2 aromatic rings. The number of nitrogens with one attached hydrogen (secondary N) is 4. The number of carboxylic acids is 1. The van der Waals surface area contributed by atoms with E-state index < -0.39 is 53.8 Å². The zero-order valence-electron chi connectivity index (χ0n) is 22.4. The number of carboxylic acid groups (broad SMARTS) is 1. The van der Waals surface area contributed by atoms with E-state index in [1.807, 2.05) is 30.5 Å². The van der Waals surface area contributed by atoms with Crippen LogP contribution in [0.15, 0.2) is 30.5 Å². The summed E-state index contributed by atoms with van der Waals surface area (Å²) in [4.78, 5) is 64.9. The number of primary amides is 1. The number of aliphatic carboxylic acids is 1. The van der Waals surface area contributed by atoms with Crippen LogP contribution in [0.5, 0.6) is 0 Å². The second-order valence-electron chi connectivity index (χ2n) is 9.65. The lowest BCUT2D eigenvalue weighted by Crippen LogP contribution is -2.58. The van der Waals surface area contributed by atoms with Crippen molar-refractivity contribution in [1.82, 2.24) is 20.9 Å². The Labute approximate surface area is 231 Å². The quantitative estimate of drug-likeness (QED) is 0.150. The Kier molecular flexibility index (Phi) is 12.3. The Morgan fingerprint density at radius 2 is 1.64 bits per heavy atom. The van der Waals surface area contributed by atoms with Gasteiger partial charge >= 0.3 is 5.97 Å². The van der Waals surface area contributed by atoms with E-state index in [0.29, 0.717) is 5.75 Å². The summed E-state index contributed by atoms with van der Waals surface area (Å²) >= 11 is 1.45. The monoisotopic (exact) mass is 562 g/mol. The van der Waals surface area contributed by atoms with Crippen LogP contribution in [-0.4, -0.2) is 75.9 Å². The van der Waals surface area contributed by atoms with Crippen LogP contribution in [0.4, 0.5) is 0 Å². The van der Waals surface area contributed by atoms with E-state index in [2.05, 4.69) is 20.9 Å². The van der Waals surface area contributed by atoms with Gasteiger partial charge in [0.1, 0.15) is 18.1 Å². The lowest BCUT2D eigenvalue weighted by Gasteiger charge is -2.27. The minimum atomic E-state index is -1.35. The van der Waals surface area contributed by atoms with Crippen LogP contribution in [0.25, 0.3) is 10.9 Å². The van der Waals surface area contributed by atoms with E-state index in [1.165, 1.54) is 11.8 Å². The molecule has 12 nitrogen and oxygen atoms in total. The highest BCUT2D eigenvalue weighted by atomic mass is 32.2. The molecule has 0 aliphatic rings. The molecule has 9 N–H and O–H groups in total. The van der Waals surface area contributed by atoms with Gasteiger partial charge in [-0.15, -0.1) is 0 Å². The molecule has 0 aliphatic heterocycles. The van der Waals surface area contributed by atoms with Gasteiger partial charge in [-0.25, -0.2) is 4.79 Å². The number of hydrogen-bond acceptors (Lipinski definition) is 7. The third-order valence-electron chi connectivity index (χ3n) is 6.24. The number of aromatic nitrogens is 1. The van der Waals surface area contributed by atoms with Crippen molar-refractivity contribution < 1.29 is 29.1 Å². The summed E-state index contributed by atoms with van der Waals surface area (Å²) in [5, 5.41) is 18.1. The number of aromatic amines is 1. The van der Waals surface area contributed by atoms with Crippen LogP contribution in [-0.2, 0) is 30.4 Å². The van der Waals surface area contributed by atoms with Crippen molar-refractivity contribution in [2.45, 2.75) is 63.7 Å². The van der Waals surface area contributed by atoms with E-state index in [1.54, 1.807) is 20.0 Å². The van der Waals surface area contributed by atoms with E-state index in [-0.39, 0.29) is 31.6 Å². The molecule has 13 heteroatoms. The number of H-pyrrole nitrogens is 1. The van der Waals surface area contributed by atoms with Gasteiger partial charge in [0.2, 0.25) is 23.6 Å². The van der Waals surface area contributed by atoms with Crippen molar-refractivity contribution in [3.63, 3.8) is 0 Å². The maximum Gasteiger partial charge on any atom is 0.326 e. The molecule has 0 fully saturated rings. The molecular formula is C26H38N6O6S. The molecule has 2 rings (SSSR count). The second kappa shape index (κ2) is 15.1. The zero-order valence-corrected chi connectivity index (χ0v) is 23.2. The van der Waals surface area contributed by atoms with Gasteiger partial charge in [-0.3, -0.25) is 19.2 Å². The van der Waals surface area contributed by atoms with Crippen LogP contribution in [0.1, 0.15) is 38.7 Å². The first-order valence-electron chi connectivity index (χ1n) is 12.7. The fourth-order valence-electron chi connectivity index (χ4n) is 4.01. The number of nitrogens with two attached hydrogens (primary N) is 2. The summed E-state index contributed by atoms with van der Waals surface area (Å²) < 4.78 is 0. The number of thioether (sulfide) groups is 1. The average Bonchev–Trinajstić information content (AvgIpc) is 3.29. The molecule has 1 aromatic carbocycles. The van der Waals surface area contributed by atoms with Crippen molar-refractivity contribution in [2.75, 3.05) is 12.0 Å². The molecule has 1 aromatic heterocycles. The highest BCUT2D eigenvalue weighted by Gasteiger charge is 2.31. The summed E-state index contributed by atoms with van der Waals surface area (Å²) in [5.74, 6) is -3.66. The first-order chi connectivity index (χ1) is 18.4. The molecule has 4 atom stereocenters. The van der Waals surface area contributed by atoms with Crippen molar-refractivity contribution in [2.24, 2.45) is 17.4 Å². The number of carbonyl (C=O) groups excluding carboxylic acids is 4. The fourth-order valence-corrected chi connectivity index (χ4v) is 4.48. The molecule has 4 amide bonds.